The molecule has 2 amide bonds. The number of hydrogen-bond donors (Lipinski definition) is 4. The summed E-state index contributed by atoms with van der Waals surface area (Å²) in [6.45, 7) is 3.03. The molecule has 0 aliphatic carbocycles. The fourth-order valence-electron chi connectivity index (χ4n) is 2.85. The van der Waals surface area contributed by atoms with Crippen LogP contribution in [0, 0.1) is 12.7 Å². The number of urea groups is 1. The Balaban J connectivity index is 1.27. The number of fused-ring (bicyclic) bond motifs is 1. The molecule has 3 aromatic rings. The maximum Gasteiger partial charge on any atom is 0.325 e. The van der Waals surface area contributed by atoms with Crippen LogP contribution in [0.1, 0.15) is 15.3 Å². The summed E-state index contributed by atoms with van der Waals surface area (Å²) in [6.07, 6.45) is 2.52. The van der Waals surface area contributed by atoms with E-state index >= 15 is 0 Å². The van der Waals surface area contributed by atoms with Crippen molar-refractivity contribution in [3.63, 3.8) is 0 Å². The first-order valence-electron chi connectivity index (χ1n) is 8.97. The lowest BCUT2D eigenvalue weighted by molar-refractivity contribution is 0.262. The third kappa shape index (κ3) is 4.72. The van der Waals surface area contributed by atoms with Gasteiger partial charge in [-0.15, -0.1) is 22.7 Å². The topological polar surface area (TPSA) is 90.4 Å². The Bertz CT molecular complexity index is 1060. The van der Waals surface area contributed by atoms with Gasteiger partial charge in [0.15, 0.2) is 5.13 Å². The number of hydrogen-bond acceptors (Lipinski definition) is 7. The highest BCUT2D eigenvalue weighted by atomic mass is 32.1. The second kappa shape index (κ2) is 8.58. The Morgan fingerprint density at radius 1 is 1.31 bits per heavy atom. The van der Waals surface area contributed by atoms with E-state index < -0.39 is 6.03 Å². The minimum Gasteiger partial charge on any atom is -0.369 e. The zero-order valence-electron chi connectivity index (χ0n) is 15.6. The summed E-state index contributed by atoms with van der Waals surface area (Å²) < 4.78 is 13.2. The number of benzene rings is 1. The second-order valence-corrected chi connectivity index (χ2v) is 8.38. The van der Waals surface area contributed by atoms with Gasteiger partial charge >= 0.3 is 6.03 Å². The first kappa shape index (κ1) is 19.3. The normalized spacial score (nSPS) is 12.6. The van der Waals surface area contributed by atoms with Crippen molar-refractivity contribution in [3.8, 4) is 0 Å². The van der Waals surface area contributed by atoms with Gasteiger partial charge in [0.05, 0.1) is 10.6 Å². The van der Waals surface area contributed by atoms with Crippen LogP contribution in [0.3, 0.4) is 0 Å². The van der Waals surface area contributed by atoms with Gasteiger partial charge in [-0.3, -0.25) is 5.32 Å². The number of carbonyl (C=O) groups excluding carboxylic acids is 1. The van der Waals surface area contributed by atoms with Crippen LogP contribution in [0.2, 0.25) is 0 Å². The number of thiazole rings is 1. The molecule has 0 saturated carbocycles. The summed E-state index contributed by atoms with van der Waals surface area (Å²) in [5, 5.41) is 14.6. The van der Waals surface area contributed by atoms with Gasteiger partial charge in [0.25, 0.3) is 0 Å². The van der Waals surface area contributed by atoms with E-state index in [1.54, 1.807) is 24.5 Å². The number of rotatable bonds is 5. The molecule has 0 fully saturated rings. The Kier molecular flexibility index (Phi) is 5.72. The molecule has 4 N–H and O–H groups in total. The molecule has 29 heavy (non-hydrogen) atoms. The number of anilines is 3. The van der Waals surface area contributed by atoms with Gasteiger partial charge in [-0.2, -0.15) is 0 Å². The average molecular weight is 431 g/mol. The standard InChI is InChI=1S/C19H19FN6OS2/c1-11-8-12(20)2-3-14(11)25-18(27)26-19-22-9-13(29-19)4-6-21-17-16-15(5-7-28-16)23-10-24-17/h2-3,5,7-9,23H,4,6,10H2,1H3,(H,21,24)(H2,22,25,26,27). The van der Waals surface area contributed by atoms with E-state index in [9.17, 15) is 9.18 Å². The second-order valence-electron chi connectivity index (χ2n) is 6.35. The SMILES string of the molecule is Cc1cc(F)ccc1NC(=O)Nc1ncc(CCNC2=NCNc3ccsc32)s1. The maximum atomic E-state index is 13.2. The fraction of sp³-hybridized carbons (Fsp3) is 0.211. The smallest absolute Gasteiger partial charge is 0.325 e. The van der Waals surface area contributed by atoms with Crippen molar-refractivity contribution >= 4 is 51.0 Å². The van der Waals surface area contributed by atoms with Gasteiger partial charge < -0.3 is 16.0 Å². The predicted molar refractivity (Wildman–Crippen MR) is 117 cm³/mol. The first-order chi connectivity index (χ1) is 14.1. The first-order valence-corrected chi connectivity index (χ1v) is 10.7. The lowest BCUT2D eigenvalue weighted by Gasteiger charge is -2.15. The van der Waals surface area contributed by atoms with Gasteiger partial charge in [0, 0.05) is 29.7 Å². The molecule has 0 atom stereocenters. The number of halogens is 1. The van der Waals surface area contributed by atoms with Gasteiger partial charge in [-0.05, 0) is 42.1 Å². The molecule has 7 nitrogen and oxygen atoms in total. The minimum absolute atomic E-state index is 0.336. The van der Waals surface area contributed by atoms with Crippen molar-refractivity contribution in [3.05, 3.63) is 57.0 Å². The summed E-state index contributed by atoms with van der Waals surface area (Å²) in [6, 6.07) is 5.86. The zero-order valence-corrected chi connectivity index (χ0v) is 17.2. The Morgan fingerprint density at radius 2 is 2.21 bits per heavy atom. The van der Waals surface area contributed by atoms with E-state index in [2.05, 4.69) is 37.3 Å². The summed E-state index contributed by atoms with van der Waals surface area (Å²) in [5.74, 6) is 0.572. The van der Waals surface area contributed by atoms with E-state index in [4.69, 9.17) is 0 Å². The van der Waals surface area contributed by atoms with Crippen LogP contribution >= 0.6 is 22.7 Å². The molecule has 0 spiro atoms. The van der Waals surface area contributed by atoms with Gasteiger partial charge in [0.2, 0.25) is 0 Å². The average Bonchev–Trinajstić information content (AvgIpc) is 3.34. The molecule has 1 aromatic carbocycles. The molecule has 0 unspecified atom stereocenters. The van der Waals surface area contributed by atoms with Crippen LogP contribution in [-0.2, 0) is 6.42 Å². The molecule has 1 aliphatic rings. The van der Waals surface area contributed by atoms with Crippen LogP contribution in [0.15, 0.2) is 40.8 Å². The lowest BCUT2D eigenvalue weighted by Crippen LogP contribution is -2.29. The molecule has 1 aliphatic heterocycles. The van der Waals surface area contributed by atoms with E-state index in [-0.39, 0.29) is 5.82 Å². The number of nitrogens with one attached hydrogen (secondary N) is 4. The summed E-state index contributed by atoms with van der Waals surface area (Å²) in [7, 11) is 0. The van der Waals surface area contributed by atoms with Crippen LogP contribution in [0.4, 0.5) is 25.7 Å². The molecule has 10 heteroatoms. The highest BCUT2D eigenvalue weighted by Crippen LogP contribution is 2.25. The molecule has 0 radical (unpaired) electrons. The van der Waals surface area contributed by atoms with E-state index in [0.717, 1.165) is 34.2 Å². The summed E-state index contributed by atoms with van der Waals surface area (Å²) >= 11 is 3.07. The highest BCUT2D eigenvalue weighted by Gasteiger charge is 2.15. The fourth-order valence-corrected chi connectivity index (χ4v) is 4.51. The molecule has 150 valence electrons. The summed E-state index contributed by atoms with van der Waals surface area (Å²) in [4.78, 5) is 23.0. The molecule has 4 rings (SSSR count). The minimum atomic E-state index is -0.409. The molecule has 0 bridgehead atoms. The van der Waals surface area contributed by atoms with Crippen LogP contribution in [0.5, 0.6) is 0 Å². The van der Waals surface area contributed by atoms with Crippen LogP contribution in [0.25, 0.3) is 0 Å². The van der Waals surface area contributed by atoms with Gasteiger partial charge in [-0.1, -0.05) is 0 Å². The van der Waals surface area contributed by atoms with E-state index in [1.807, 2.05) is 5.38 Å². The monoisotopic (exact) mass is 430 g/mol. The number of thiophene rings is 1. The van der Waals surface area contributed by atoms with Crippen LogP contribution in [-0.4, -0.2) is 30.1 Å². The Hall–Kier alpha value is -2.98. The largest absolute Gasteiger partial charge is 0.369 e. The number of amidine groups is 1. The van der Waals surface area contributed by atoms with E-state index in [1.165, 1.54) is 29.5 Å². The molecular formula is C19H19FN6OS2. The molecule has 2 aromatic heterocycles. The number of aromatic nitrogens is 1. The third-order valence-corrected chi connectivity index (χ3v) is 6.16. The third-order valence-electron chi connectivity index (χ3n) is 4.26. The van der Waals surface area contributed by atoms with Crippen molar-refractivity contribution in [1.82, 2.24) is 10.3 Å². The quantitative estimate of drug-likeness (QED) is 0.487. The van der Waals surface area contributed by atoms with Crippen molar-refractivity contribution in [2.24, 2.45) is 4.99 Å². The van der Waals surface area contributed by atoms with E-state index in [0.29, 0.717) is 23.1 Å². The number of aliphatic imine (C=N–C) groups is 1. The molecular weight excluding hydrogens is 411 g/mol. The van der Waals surface area contributed by atoms with Gasteiger partial charge in [0.1, 0.15) is 18.3 Å². The number of carbonyl (C=O) groups is 1. The highest BCUT2D eigenvalue weighted by molar-refractivity contribution is 7.15. The Labute approximate surface area is 175 Å². The number of amides is 2. The molecule has 3 heterocycles. The number of aryl methyl sites for hydroxylation is 1. The molecule has 0 saturated heterocycles. The van der Waals surface area contributed by atoms with Crippen LogP contribution < -0.4 is 21.3 Å². The van der Waals surface area contributed by atoms with Crippen molar-refractivity contribution in [2.75, 3.05) is 29.2 Å². The van der Waals surface area contributed by atoms with Crippen molar-refractivity contribution in [1.29, 1.82) is 0 Å². The summed E-state index contributed by atoms with van der Waals surface area (Å²) in [5.41, 5.74) is 2.32. The zero-order chi connectivity index (χ0) is 20.2. The predicted octanol–water partition coefficient (Wildman–Crippen LogP) is 4.26. The van der Waals surface area contributed by atoms with Gasteiger partial charge in [-0.25, -0.2) is 19.2 Å². The van der Waals surface area contributed by atoms with Crippen molar-refractivity contribution in [2.45, 2.75) is 13.3 Å². The Morgan fingerprint density at radius 3 is 3.07 bits per heavy atom. The van der Waals surface area contributed by atoms with Crippen molar-refractivity contribution < 1.29 is 9.18 Å². The lowest BCUT2D eigenvalue weighted by atomic mass is 10.2. The number of nitrogens with zero attached hydrogens (tertiary/aromatic N) is 2. The maximum absolute atomic E-state index is 13.2.